The molecule has 11 atom stereocenters. The Morgan fingerprint density at radius 1 is 1.05 bits per heavy atom. The Morgan fingerprint density at radius 2 is 1.77 bits per heavy atom. The highest BCUT2D eigenvalue weighted by Gasteiger charge is 2.80. The summed E-state index contributed by atoms with van der Waals surface area (Å²) in [5, 5.41) is 19.0. The van der Waals surface area contributed by atoms with Crippen molar-refractivity contribution in [3.63, 3.8) is 0 Å². The molecular weight excluding hydrogens is 732 g/mol. The lowest BCUT2D eigenvalue weighted by atomic mass is 9.44. The SMILES string of the molecule is C#CCCCCCC(C)OCC(=O)NCC(=O)NCC(=O)NCOCC(=O)[C@@]12OC(CCC)O[C@@H]1C[C@H]1[C@@H]3C[C@H](F)C4=CC(=O)C=C[C@]4(C)[C@@]3(F)[C@@H](O)C[C@@]12C. The Kier molecular flexibility index (Phi) is 14.0. The van der Waals surface area contributed by atoms with E-state index in [-0.39, 0.29) is 44.1 Å². The zero-order chi connectivity index (χ0) is 40.9. The van der Waals surface area contributed by atoms with Gasteiger partial charge in [0.25, 0.3) is 0 Å². The van der Waals surface area contributed by atoms with Gasteiger partial charge >= 0.3 is 0 Å². The first kappa shape index (κ1) is 43.6. The van der Waals surface area contributed by atoms with E-state index in [2.05, 4.69) is 21.9 Å². The van der Waals surface area contributed by atoms with E-state index in [1.54, 1.807) is 6.92 Å². The van der Waals surface area contributed by atoms with Crippen LogP contribution in [0.5, 0.6) is 0 Å². The molecule has 0 bridgehead atoms. The zero-order valence-corrected chi connectivity index (χ0v) is 32.8. The first-order chi connectivity index (χ1) is 26.6. The number of alkyl halides is 2. The number of carbonyl (C=O) groups excluding carboxylic acids is 5. The van der Waals surface area contributed by atoms with Crippen LogP contribution in [0, 0.1) is 35.0 Å². The Bertz CT molecular complexity index is 1620. The summed E-state index contributed by atoms with van der Waals surface area (Å²) in [6.45, 7) is 5.20. The van der Waals surface area contributed by atoms with E-state index in [9.17, 15) is 29.1 Å². The lowest BCUT2D eigenvalue weighted by Gasteiger charge is -2.63. The minimum atomic E-state index is -2.33. The summed E-state index contributed by atoms with van der Waals surface area (Å²) in [5.74, 6) is -1.68. The molecule has 0 radical (unpaired) electrons. The van der Waals surface area contributed by atoms with Crippen LogP contribution in [0.2, 0.25) is 0 Å². The molecule has 4 fully saturated rings. The Morgan fingerprint density at radius 3 is 2.48 bits per heavy atom. The fourth-order valence-corrected chi connectivity index (χ4v) is 9.94. The van der Waals surface area contributed by atoms with Gasteiger partial charge in [0, 0.05) is 23.2 Å². The van der Waals surface area contributed by atoms with Gasteiger partial charge in [-0.25, -0.2) is 8.78 Å². The van der Waals surface area contributed by atoms with Gasteiger partial charge in [0.1, 0.15) is 26.1 Å². The highest BCUT2D eigenvalue weighted by Crippen LogP contribution is 2.72. The molecule has 1 saturated heterocycles. The molecule has 3 amide bonds. The first-order valence-electron chi connectivity index (χ1n) is 19.8. The summed E-state index contributed by atoms with van der Waals surface area (Å²) in [4.78, 5) is 63.2. The van der Waals surface area contributed by atoms with Crippen molar-refractivity contribution in [3.05, 3.63) is 23.8 Å². The lowest BCUT2D eigenvalue weighted by Crippen LogP contribution is -2.71. The zero-order valence-electron chi connectivity index (χ0n) is 32.8. The number of Topliss-reactive ketones (excluding diaryl/α,β-unsaturated/α-hetero) is 1. The largest absolute Gasteiger partial charge is 0.390 e. The highest BCUT2D eigenvalue weighted by molar-refractivity contribution is 6.01. The van der Waals surface area contributed by atoms with Gasteiger partial charge in [-0.3, -0.25) is 24.0 Å². The van der Waals surface area contributed by atoms with E-state index in [0.29, 0.717) is 12.8 Å². The van der Waals surface area contributed by atoms with Gasteiger partial charge in [-0.1, -0.05) is 39.2 Å². The number of carbonyl (C=O) groups is 5. The van der Waals surface area contributed by atoms with Crippen molar-refractivity contribution in [2.45, 2.75) is 134 Å². The van der Waals surface area contributed by atoms with Crippen LogP contribution < -0.4 is 16.0 Å². The molecule has 4 aliphatic carbocycles. The minimum absolute atomic E-state index is 0.0119. The van der Waals surface area contributed by atoms with Crippen LogP contribution in [-0.2, 0) is 42.9 Å². The number of rotatable bonds is 19. The number of ether oxygens (including phenoxy) is 4. The second-order valence-corrected chi connectivity index (χ2v) is 16.3. The average molecular weight is 790 g/mol. The normalized spacial score (nSPS) is 35.9. The number of halogens is 2. The summed E-state index contributed by atoms with van der Waals surface area (Å²) in [5.41, 5.74) is -6.71. The number of aliphatic hydroxyl groups is 1. The van der Waals surface area contributed by atoms with Crippen molar-refractivity contribution in [2.75, 3.05) is 33.0 Å². The minimum Gasteiger partial charge on any atom is -0.390 e. The number of ketones is 2. The summed E-state index contributed by atoms with van der Waals surface area (Å²) in [6.07, 6.45) is 9.30. The maximum absolute atomic E-state index is 17.7. The third-order valence-corrected chi connectivity index (χ3v) is 12.8. The van der Waals surface area contributed by atoms with Crippen LogP contribution in [-0.4, -0.2) is 109 Å². The number of hydrogen-bond donors (Lipinski definition) is 4. The molecule has 0 aromatic rings. The van der Waals surface area contributed by atoms with Crippen molar-refractivity contribution in [3.8, 4) is 12.3 Å². The monoisotopic (exact) mass is 789 g/mol. The van der Waals surface area contributed by atoms with Crippen LogP contribution >= 0.6 is 0 Å². The van der Waals surface area contributed by atoms with Crippen molar-refractivity contribution in [1.82, 2.24) is 16.0 Å². The maximum Gasteiger partial charge on any atom is 0.246 e. The quantitative estimate of drug-likeness (QED) is 0.0864. The van der Waals surface area contributed by atoms with E-state index in [1.807, 2.05) is 13.8 Å². The number of nitrogens with one attached hydrogen (secondary N) is 3. The fraction of sp³-hybridized carbons (Fsp3) is 0.732. The molecule has 310 valence electrons. The second kappa shape index (κ2) is 17.9. The third-order valence-electron chi connectivity index (χ3n) is 12.8. The van der Waals surface area contributed by atoms with Crippen LogP contribution in [0.1, 0.15) is 91.9 Å². The number of hydrogen-bond acceptors (Lipinski definition) is 10. The Labute approximate surface area is 327 Å². The van der Waals surface area contributed by atoms with Crippen molar-refractivity contribution in [2.24, 2.45) is 22.7 Å². The maximum atomic E-state index is 17.7. The summed E-state index contributed by atoms with van der Waals surface area (Å²) >= 11 is 0. The molecule has 3 saturated carbocycles. The Hall–Kier alpha value is -3.55. The number of aliphatic hydroxyl groups excluding tert-OH is 1. The highest BCUT2D eigenvalue weighted by atomic mass is 19.1. The molecule has 13 nitrogen and oxygen atoms in total. The molecule has 5 rings (SSSR count). The summed E-state index contributed by atoms with van der Waals surface area (Å²) in [6, 6.07) is 0. The molecule has 15 heteroatoms. The second-order valence-electron chi connectivity index (χ2n) is 16.3. The van der Waals surface area contributed by atoms with Crippen LogP contribution in [0.3, 0.4) is 0 Å². The summed E-state index contributed by atoms with van der Waals surface area (Å²) < 4.78 is 57.5. The first-order valence-corrected chi connectivity index (χ1v) is 19.8. The topological polar surface area (TPSA) is 179 Å². The van der Waals surface area contributed by atoms with Crippen LogP contribution in [0.25, 0.3) is 0 Å². The van der Waals surface area contributed by atoms with Gasteiger partial charge in [-0.15, -0.1) is 12.3 Å². The van der Waals surface area contributed by atoms with Gasteiger partial charge in [0.15, 0.2) is 29.1 Å². The molecule has 56 heavy (non-hydrogen) atoms. The molecule has 1 heterocycles. The van der Waals surface area contributed by atoms with Crippen molar-refractivity contribution >= 4 is 29.3 Å². The standard InChI is InChI=1S/C41H57F2N3O10/c1-6-8-9-10-11-13-25(3)54-23-36(52)45-20-34(50)44-21-35(51)46-24-53-22-32(49)41-33(55-37(56-41)12-7-2)18-27-28-17-30(42)29-16-26(47)14-15-38(29,4)40(28,43)31(48)19-39(27,41)5/h1,14-16,25,27-28,30-31,33,37,48H,7-13,17-24H2,2-5H3,(H,44,50)(H,45,52)(H,46,51)/t25?,27-,28-,30-,31-,33+,37?,38-,39-,40-,41+/m0/s1. The lowest BCUT2D eigenvalue weighted by molar-refractivity contribution is -0.235. The molecule has 0 spiro atoms. The van der Waals surface area contributed by atoms with E-state index < -0.39 is 108 Å². The van der Waals surface area contributed by atoms with E-state index in [0.717, 1.165) is 38.2 Å². The smallest absolute Gasteiger partial charge is 0.246 e. The van der Waals surface area contributed by atoms with Crippen molar-refractivity contribution in [1.29, 1.82) is 0 Å². The van der Waals surface area contributed by atoms with Crippen LogP contribution in [0.4, 0.5) is 8.78 Å². The number of fused-ring (bicyclic) bond motifs is 7. The molecule has 4 N–H and O–H groups in total. The number of unbranched alkanes of at least 4 members (excludes halogenated alkanes) is 3. The van der Waals surface area contributed by atoms with E-state index in [1.165, 1.54) is 19.1 Å². The Balaban J connectivity index is 1.12. The molecule has 0 aromatic heterocycles. The van der Waals surface area contributed by atoms with Crippen molar-refractivity contribution < 1.29 is 56.8 Å². The van der Waals surface area contributed by atoms with Gasteiger partial charge in [-0.2, -0.15) is 0 Å². The molecule has 1 aliphatic heterocycles. The van der Waals surface area contributed by atoms with Gasteiger partial charge in [-0.05, 0) is 76.0 Å². The van der Waals surface area contributed by atoms with Gasteiger partial charge in [0.2, 0.25) is 17.7 Å². The molecule has 0 aromatic carbocycles. The predicted molar refractivity (Wildman–Crippen MR) is 199 cm³/mol. The average Bonchev–Trinajstić information content (AvgIpc) is 3.64. The number of terminal acetylenes is 1. The third kappa shape index (κ3) is 8.23. The fourth-order valence-electron chi connectivity index (χ4n) is 9.94. The molecular formula is C41H57F2N3O10. The summed E-state index contributed by atoms with van der Waals surface area (Å²) in [7, 11) is 0. The van der Waals surface area contributed by atoms with Gasteiger partial charge in [0.05, 0.1) is 31.4 Å². The number of amides is 3. The number of allylic oxidation sites excluding steroid dienone is 4. The predicted octanol–water partition coefficient (Wildman–Crippen LogP) is 3.08. The van der Waals surface area contributed by atoms with E-state index >= 15 is 8.78 Å². The van der Waals surface area contributed by atoms with E-state index in [4.69, 9.17) is 25.4 Å². The van der Waals surface area contributed by atoms with Crippen LogP contribution in [0.15, 0.2) is 23.8 Å². The molecule has 5 aliphatic rings. The molecule has 2 unspecified atom stereocenters. The van der Waals surface area contributed by atoms with Gasteiger partial charge < -0.3 is 40.0 Å².